The van der Waals surface area contributed by atoms with E-state index in [9.17, 15) is 9.59 Å². The van der Waals surface area contributed by atoms with Crippen molar-refractivity contribution in [3.8, 4) is 12.3 Å². The van der Waals surface area contributed by atoms with Gasteiger partial charge in [0.15, 0.2) is 0 Å². The molecule has 0 unspecified atom stereocenters. The fraction of sp³-hybridized carbons (Fsp3) is 0.714. The topological polar surface area (TPSA) is 43.9 Å². The number of piperidine rings is 2. The number of hydrogen-bond donors (Lipinski definition) is 0. The van der Waals surface area contributed by atoms with Crippen molar-refractivity contribution in [2.75, 3.05) is 39.3 Å². The molecule has 0 aromatic heterocycles. The highest BCUT2D eigenvalue weighted by molar-refractivity contribution is 5.81. The maximum absolute atomic E-state index is 12.8. The lowest BCUT2D eigenvalue weighted by Crippen LogP contribution is -2.52. The summed E-state index contributed by atoms with van der Waals surface area (Å²) in [5.74, 6) is 3.46. The summed E-state index contributed by atoms with van der Waals surface area (Å²) in [6.45, 7) is 8.21. The maximum atomic E-state index is 12.8. The van der Waals surface area contributed by atoms with Gasteiger partial charge in [-0.1, -0.05) is 12.0 Å². The van der Waals surface area contributed by atoms with E-state index < -0.39 is 0 Å². The molecule has 2 aliphatic heterocycles. The number of likely N-dealkylation sites (tertiary alicyclic amines) is 2. The fourth-order valence-electron chi connectivity index (χ4n) is 4.34. The van der Waals surface area contributed by atoms with Crippen molar-refractivity contribution in [1.29, 1.82) is 0 Å². The van der Waals surface area contributed by atoms with Crippen molar-refractivity contribution >= 4 is 11.8 Å². The number of terminal acetylenes is 1. The highest BCUT2D eigenvalue weighted by Gasteiger charge is 2.37. The van der Waals surface area contributed by atoms with Gasteiger partial charge in [-0.05, 0) is 45.1 Å². The second-order valence-electron chi connectivity index (χ2n) is 7.88. The van der Waals surface area contributed by atoms with Crippen molar-refractivity contribution in [3.05, 3.63) is 12.7 Å². The zero-order valence-electron chi connectivity index (χ0n) is 15.7. The lowest BCUT2D eigenvalue weighted by atomic mass is 9.92. The van der Waals surface area contributed by atoms with Crippen molar-refractivity contribution in [2.45, 2.75) is 44.6 Å². The molecule has 0 N–H and O–H groups in total. The van der Waals surface area contributed by atoms with Crippen LogP contribution in [-0.4, -0.2) is 71.8 Å². The molecule has 5 heteroatoms. The monoisotopic (exact) mass is 357 g/mol. The van der Waals surface area contributed by atoms with E-state index in [1.807, 2.05) is 0 Å². The number of carbonyl (C=O) groups excluding carboxylic acids is 2. The van der Waals surface area contributed by atoms with Gasteiger partial charge in [-0.15, -0.1) is 13.0 Å². The molecule has 0 aromatic carbocycles. The number of carbonyl (C=O) groups is 2. The number of amides is 2. The second-order valence-corrected chi connectivity index (χ2v) is 7.88. The predicted molar refractivity (Wildman–Crippen MR) is 102 cm³/mol. The van der Waals surface area contributed by atoms with E-state index in [1.54, 1.807) is 11.0 Å². The van der Waals surface area contributed by atoms with Gasteiger partial charge in [-0.25, -0.2) is 0 Å². The summed E-state index contributed by atoms with van der Waals surface area (Å²) in [5, 5.41) is 0. The van der Waals surface area contributed by atoms with Crippen molar-refractivity contribution in [1.82, 2.24) is 14.7 Å². The number of hydrogen-bond acceptors (Lipinski definition) is 3. The van der Waals surface area contributed by atoms with Crippen LogP contribution in [0.1, 0.15) is 38.5 Å². The summed E-state index contributed by atoms with van der Waals surface area (Å²) < 4.78 is 0. The van der Waals surface area contributed by atoms with E-state index in [1.165, 1.54) is 0 Å². The van der Waals surface area contributed by atoms with E-state index in [4.69, 9.17) is 6.42 Å². The average Bonchev–Trinajstić information content (AvgIpc) is 3.52. The third kappa shape index (κ3) is 4.48. The summed E-state index contributed by atoms with van der Waals surface area (Å²) in [6, 6.07) is 0.495. The Morgan fingerprint density at radius 3 is 2.46 bits per heavy atom. The van der Waals surface area contributed by atoms with Crippen LogP contribution in [0, 0.1) is 24.2 Å². The minimum Gasteiger partial charge on any atom is -0.342 e. The van der Waals surface area contributed by atoms with Crippen LogP contribution >= 0.6 is 0 Å². The highest BCUT2D eigenvalue weighted by Crippen LogP contribution is 2.32. The van der Waals surface area contributed by atoms with Crippen LogP contribution in [-0.2, 0) is 9.59 Å². The van der Waals surface area contributed by atoms with E-state index >= 15 is 0 Å². The molecule has 0 bridgehead atoms. The standard InChI is InChI=1S/C21H31N3O2/c1-3-11-22(12-4-2)21(26)18-6-5-13-24(16-18)19-9-14-23(15-10-19)20(25)17-7-8-17/h1,4,17-19H,2,5-16H2/t18-/m1/s1. The summed E-state index contributed by atoms with van der Waals surface area (Å²) in [6.07, 6.45) is 13.3. The Balaban J connectivity index is 1.52. The highest BCUT2D eigenvalue weighted by atomic mass is 16.2. The molecule has 3 fully saturated rings. The SMILES string of the molecule is C#CCN(CC=C)C(=O)[C@@H]1CCCN(C2CCN(C(=O)C3CC3)CC2)C1. The Hall–Kier alpha value is -1.80. The molecular formula is C21H31N3O2. The van der Waals surface area contributed by atoms with Crippen molar-refractivity contribution < 1.29 is 9.59 Å². The largest absolute Gasteiger partial charge is 0.342 e. The van der Waals surface area contributed by atoms with Crippen LogP contribution in [0.4, 0.5) is 0 Å². The van der Waals surface area contributed by atoms with E-state index in [0.717, 1.165) is 64.7 Å². The first kappa shape index (κ1) is 19.0. The van der Waals surface area contributed by atoms with Crippen LogP contribution in [0.5, 0.6) is 0 Å². The van der Waals surface area contributed by atoms with Crippen LogP contribution < -0.4 is 0 Å². The molecule has 142 valence electrons. The molecule has 5 nitrogen and oxygen atoms in total. The van der Waals surface area contributed by atoms with Crippen molar-refractivity contribution in [2.24, 2.45) is 11.8 Å². The average molecular weight is 357 g/mol. The van der Waals surface area contributed by atoms with Gasteiger partial charge in [-0.2, -0.15) is 0 Å². The van der Waals surface area contributed by atoms with Gasteiger partial charge < -0.3 is 9.80 Å². The molecule has 3 aliphatic rings. The third-order valence-corrected chi connectivity index (χ3v) is 5.96. The molecule has 1 saturated carbocycles. The van der Waals surface area contributed by atoms with E-state index in [2.05, 4.69) is 22.3 Å². The van der Waals surface area contributed by atoms with Gasteiger partial charge in [0, 0.05) is 38.1 Å². The van der Waals surface area contributed by atoms with Gasteiger partial charge in [-0.3, -0.25) is 14.5 Å². The van der Waals surface area contributed by atoms with Crippen LogP contribution in [0.25, 0.3) is 0 Å². The quantitative estimate of drug-likeness (QED) is 0.537. The maximum Gasteiger partial charge on any atom is 0.228 e. The van der Waals surface area contributed by atoms with E-state index in [0.29, 0.717) is 31.0 Å². The van der Waals surface area contributed by atoms with Gasteiger partial charge in [0.2, 0.25) is 11.8 Å². The van der Waals surface area contributed by atoms with Gasteiger partial charge in [0.05, 0.1) is 12.5 Å². The molecule has 0 radical (unpaired) electrons. The van der Waals surface area contributed by atoms with Gasteiger partial charge in [0.25, 0.3) is 0 Å². The Kier molecular flexibility index (Phi) is 6.37. The lowest BCUT2D eigenvalue weighted by molar-refractivity contribution is -0.137. The Morgan fingerprint density at radius 2 is 1.85 bits per heavy atom. The fourth-order valence-corrected chi connectivity index (χ4v) is 4.34. The normalized spacial score (nSPS) is 24.7. The molecule has 26 heavy (non-hydrogen) atoms. The minimum atomic E-state index is 0.0307. The minimum absolute atomic E-state index is 0.0307. The molecule has 2 amide bonds. The zero-order chi connectivity index (χ0) is 18.5. The first-order chi connectivity index (χ1) is 12.6. The first-order valence-electron chi connectivity index (χ1n) is 10.00. The molecule has 3 rings (SSSR count). The second kappa shape index (κ2) is 8.73. The Morgan fingerprint density at radius 1 is 1.12 bits per heavy atom. The summed E-state index contributed by atoms with van der Waals surface area (Å²) in [4.78, 5) is 31.3. The summed E-state index contributed by atoms with van der Waals surface area (Å²) in [5.41, 5.74) is 0. The number of nitrogens with zero attached hydrogens (tertiary/aromatic N) is 3. The van der Waals surface area contributed by atoms with Gasteiger partial charge in [0.1, 0.15) is 0 Å². The predicted octanol–water partition coefficient (Wildman–Crippen LogP) is 1.75. The van der Waals surface area contributed by atoms with Crippen molar-refractivity contribution in [3.63, 3.8) is 0 Å². The van der Waals surface area contributed by atoms with Crippen LogP contribution in [0.15, 0.2) is 12.7 Å². The molecule has 2 heterocycles. The van der Waals surface area contributed by atoms with E-state index in [-0.39, 0.29) is 11.8 Å². The Labute approximate surface area is 157 Å². The smallest absolute Gasteiger partial charge is 0.228 e. The first-order valence-corrected chi connectivity index (χ1v) is 10.00. The van der Waals surface area contributed by atoms with Crippen LogP contribution in [0.3, 0.4) is 0 Å². The molecular weight excluding hydrogens is 326 g/mol. The molecule has 2 saturated heterocycles. The molecule has 0 spiro atoms. The van der Waals surface area contributed by atoms with Gasteiger partial charge >= 0.3 is 0 Å². The number of rotatable bonds is 6. The van der Waals surface area contributed by atoms with Crippen LogP contribution in [0.2, 0.25) is 0 Å². The molecule has 0 aromatic rings. The molecule has 1 aliphatic carbocycles. The third-order valence-electron chi connectivity index (χ3n) is 5.96. The lowest BCUT2D eigenvalue weighted by Gasteiger charge is -2.42. The summed E-state index contributed by atoms with van der Waals surface area (Å²) in [7, 11) is 0. The summed E-state index contributed by atoms with van der Waals surface area (Å²) >= 11 is 0. The zero-order valence-corrected chi connectivity index (χ0v) is 15.7. The Bertz CT molecular complexity index is 570. The molecule has 1 atom stereocenters.